The minimum absolute atomic E-state index is 0.540. The van der Waals surface area contributed by atoms with Crippen LogP contribution in [-0.2, 0) is 0 Å². The van der Waals surface area contributed by atoms with Gasteiger partial charge in [0.2, 0.25) is 0 Å². The van der Waals surface area contributed by atoms with Gasteiger partial charge in [-0.2, -0.15) is 10.5 Å². The summed E-state index contributed by atoms with van der Waals surface area (Å²) in [6, 6.07) is 48.8. The van der Waals surface area contributed by atoms with E-state index in [1.165, 1.54) is 0 Å². The zero-order valence-electron chi connectivity index (χ0n) is 31.1. The Hall–Kier alpha value is -7.68. The molecule has 0 bridgehead atoms. The van der Waals surface area contributed by atoms with Crippen LogP contribution in [0.3, 0.4) is 0 Å². The van der Waals surface area contributed by atoms with E-state index in [-0.39, 0.29) is 0 Å². The Balaban J connectivity index is 1.54. The molecule has 0 spiro atoms. The summed E-state index contributed by atoms with van der Waals surface area (Å²) in [5, 5.41) is 24.2. The van der Waals surface area contributed by atoms with Gasteiger partial charge in [-0.05, 0) is 107 Å². The van der Waals surface area contributed by atoms with Gasteiger partial charge in [0.1, 0.15) is 23.0 Å². The Morgan fingerprint density at radius 1 is 0.393 bits per heavy atom. The standard InChI is InChI=1S/C48H34N4O4/c1-53-33-11-15-37-38-16-12-34(54-2)22-44(38)51(43(37)21-33)47-25-41(31-9-5-7-29(19-31)27-49)42(32-10-6-8-30(20-32)28-50)26-48(47)52-45-23-35(55-3)13-17-39(45)40-18-14-36(56-4)24-46(40)52/h5-26H,1-4H3. The predicted octanol–water partition coefficient (Wildman–Crippen LogP) is 11.0. The summed E-state index contributed by atoms with van der Waals surface area (Å²) in [6.45, 7) is 0. The molecule has 270 valence electrons. The fourth-order valence-electron chi connectivity index (χ4n) is 7.91. The highest BCUT2D eigenvalue weighted by Crippen LogP contribution is 2.45. The molecule has 8 heteroatoms. The first kappa shape index (κ1) is 34.1. The van der Waals surface area contributed by atoms with Gasteiger partial charge >= 0.3 is 0 Å². The van der Waals surface area contributed by atoms with Crippen molar-refractivity contribution in [1.29, 1.82) is 10.5 Å². The second-order valence-electron chi connectivity index (χ2n) is 13.5. The molecule has 0 unspecified atom stereocenters. The molecule has 2 aromatic heterocycles. The number of hydrogen-bond acceptors (Lipinski definition) is 6. The van der Waals surface area contributed by atoms with Crippen LogP contribution >= 0.6 is 0 Å². The van der Waals surface area contributed by atoms with Crippen LogP contribution in [0.5, 0.6) is 23.0 Å². The molecule has 9 aromatic rings. The minimum atomic E-state index is 0.540. The van der Waals surface area contributed by atoms with Crippen LogP contribution in [0.2, 0.25) is 0 Å². The van der Waals surface area contributed by atoms with E-state index >= 15 is 0 Å². The Labute approximate surface area is 323 Å². The maximum absolute atomic E-state index is 10.0. The van der Waals surface area contributed by atoms with E-state index in [1.54, 1.807) is 40.6 Å². The van der Waals surface area contributed by atoms with Gasteiger partial charge in [-0.25, -0.2) is 0 Å². The van der Waals surface area contributed by atoms with Gasteiger partial charge in [0.05, 0.1) is 85.1 Å². The smallest absolute Gasteiger partial charge is 0.120 e. The first-order chi connectivity index (χ1) is 27.5. The summed E-state index contributed by atoms with van der Waals surface area (Å²) in [5.74, 6) is 2.86. The second-order valence-corrected chi connectivity index (χ2v) is 13.5. The van der Waals surface area contributed by atoms with Crippen LogP contribution in [-0.4, -0.2) is 37.6 Å². The molecule has 0 fully saturated rings. The number of aromatic nitrogens is 2. The molecule has 9 rings (SSSR count). The normalized spacial score (nSPS) is 11.2. The predicted molar refractivity (Wildman–Crippen MR) is 222 cm³/mol. The van der Waals surface area contributed by atoms with Crippen molar-refractivity contribution in [2.24, 2.45) is 0 Å². The molecule has 7 aromatic carbocycles. The first-order valence-electron chi connectivity index (χ1n) is 18.0. The summed E-state index contributed by atoms with van der Waals surface area (Å²) in [6.07, 6.45) is 0. The van der Waals surface area contributed by atoms with E-state index in [2.05, 4.69) is 81.9 Å². The maximum Gasteiger partial charge on any atom is 0.120 e. The molecule has 0 amide bonds. The van der Waals surface area contributed by atoms with Gasteiger partial charge < -0.3 is 28.1 Å². The molecule has 0 aliphatic carbocycles. The lowest BCUT2D eigenvalue weighted by Crippen LogP contribution is -2.06. The molecule has 0 aliphatic rings. The molecular formula is C48H34N4O4. The summed E-state index contributed by atoms with van der Waals surface area (Å²) < 4.78 is 27.8. The molecule has 0 atom stereocenters. The molecule has 0 saturated heterocycles. The number of hydrogen-bond donors (Lipinski definition) is 0. The number of fused-ring (bicyclic) bond motifs is 6. The van der Waals surface area contributed by atoms with Crippen molar-refractivity contribution in [3.05, 3.63) is 145 Å². The SMILES string of the molecule is COc1ccc2c3ccc(OC)cc3n(-c3cc(-c4cccc(C#N)c4)c(-c4cccc(C#N)c4)cc3-n3c4cc(OC)ccc4c4ccc(OC)cc43)c2c1. The fourth-order valence-corrected chi connectivity index (χ4v) is 7.91. The molecule has 0 radical (unpaired) electrons. The molecule has 2 heterocycles. The van der Waals surface area contributed by atoms with Crippen LogP contribution < -0.4 is 18.9 Å². The highest BCUT2D eigenvalue weighted by atomic mass is 16.5. The first-order valence-corrected chi connectivity index (χ1v) is 18.0. The Morgan fingerprint density at radius 3 is 1.00 bits per heavy atom. The Morgan fingerprint density at radius 2 is 0.714 bits per heavy atom. The number of benzene rings is 7. The topological polar surface area (TPSA) is 94.4 Å². The average Bonchev–Trinajstić information content (AvgIpc) is 3.76. The number of methoxy groups -OCH3 is 4. The van der Waals surface area contributed by atoms with Crippen LogP contribution in [0, 0.1) is 22.7 Å². The van der Waals surface area contributed by atoms with Crippen LogP contribution in [0.4, 0.5) is 0 Å². The molecular weight excluding hydrogens is 697 g/mol. The van der Waals surface area contributed by atoms with Gasteiger partial charge in [0.25, 0.3) is 0 Å². The van der Waals surface area contributed by atoms with Crippen molar-refractivity contribution in [3.63, 3.8) is 0 Å². The van der Waals surface area contributed by atoms with E-state index in [1.807, 2.05) is 60.7 Å². The van der Waals surface area contributed by atoms with Crippen molar-refractivity contribution in [2.45, 2.75) is 0 Å². The van der Waals surface area contributed by atoms with E-state index in [0.29, 0.717) is 34.1 Å². The summed E-state index contributed by atoms with van der Waals surface area (Å²) in [5.41, 5.74) is 9.99. The second kappa shape index (κ2) is 13.6. The number of nitrogens with zero attached hydrogens (tertiary/aromatic N) is 4. The average molecular weight is 731 g/mol. The van der Waals surface area contributed by atoms with Crippen molar-refractivity contribution in [2.75, 3.05) is 28.4 Å². The van der Waals surface area contributed by atoms with E-state index in [0.717, 1.165) is 77.2 Å². The monoisotopic (exact) mass is 730 g/mol. The fraction of sp³-hybridized carbons (Fsp3) is 0.0833. The van der Waals surface area contributed by atoms with Gasteiger partial charge in [0, 0.05) is 45.8 Å². The van der Waals surface area contributed by atoms with Crippen LogP contribution in [0.25, 0.3) is 77.2 Å². The third-order valence-electron chi connectivity index (χ3n) is 10.6. The van der Waals surface area contributed by atoms with Gasteiger partial charge in [-0.15, -0.1) is 0 Å². The minimum Gasteiger partial charge on any atom is -0.497 e. The van der Waals surface area contributed by atoms with E-state index in [4.69, 9.17) is 18.9 Å². The number of rotatable bonds is 8. The number of ether oxygens (including phenoxy) is 4. The van der Waals surface area contributed by atoms with E-state index < -0.39 is 0 Å². The lowest BCUT2D eigenvalue weighted by molar-refractivity contribution is 0.415. The maximum atomic E-state index is 10.0. The van der Waals surface area contributed by atoms with Crippen molar-refractivity contribution in [1.82, 2.24) is 9.13 Å². The third kappa shape index (κ3) is 5.43. The summed E-state index contributed by atoms with van der Waals surface area (Å²) in [7, 11) is 6.69. The highest BCUT2D eigenvalue weighted by molar-refractivity contribution is 6.13. The Kier molecular flexibility index (Phi) is 8.30. The quantitative estimate of drug-likeness (QED) is 0.154. The molecule has 8 nitrogen and oxygen atoms in total. The van der Waals surface area contributed by atoms with Crippen LogP contribution in [0.15, 0.2) is 133 Å². The van der Waals surface area contributed by atoms with Crippen LogP contribution in [0.1, 0.15) is 11.1 Å². The van der Waals surface area contributed by atoms with Crippen molar-refractivity contribution >= 4 is 43.6 Å². The highest BCUT2D eigenvalue weighted by Gasteiger charge is 2.24. The Bertz CT molecular complexity index is 2790. The summed E-state index contributed by atoms with van der Waals surface area (Å²) >= 11 is 0. The van der Waals surface area contributed by atoms with Gasteiger partial charge in [0.15, 0.2) is 0 Å². The molecule has 0 saturated carbocycles. The zero-order valence-corrected chi connectivity index (χ0v) is 31.1. The lowest BCUT2D eigenvalue weighted by Gasteiger charge is -2.22. The van der Waals surface area contributed by atoms with Gasteiger partial charge in [-0.3, -0.25) is 0 Å². The zero-order chi connectivity index (χ0) is 38.5. The molecule has 56 heavy (non-hydrogen) atoms. The molecule has 0 N–H and O–H groups in total. The third-order valence-corrected chi connectivity index (χ3v) is 10.6. The van der Waals surface area contributed by atoms with Gasteiger partial charge in [-0.1, -0.05) is 24.3 Å². The summed E-state index contributed by atoms with van der Waals surface area (Å²) in [4.78, 5) is 0. The molecule has 0 aliphatic heterocycles. The largest absolute Gasteiger partial charge is 0.497 e. The van der Waals surface area contributed by atoms with E-state index in [9.17, 15) is 10.5 Å². The van der Waals surface area contributed by atoms with Crippen molar-refractivity contribution < 1.29 is 18.9 Å². The number of nitriles is 2. The van der Waals surface area contributed by atoms with Crippen molar-refractivity contribution in [3.8, 4) is 68.8 Å². The lowest BCUT2D eigenvalue weighted by atomic mass is 9.91.